The summed E-state index contributed by atoms with van der Waals surface area (Å²) in [5.41, 5.74) is 0. The van der Waals surface area contributed by atoms with Crippen LogP contribution in [-0.2, 0) is 9.53 Å². The molecule has 0 radical (unpaired) electrons. The SMILES string of the molecule is CCC=CCCOC(=O)/C=C/CCC. The van der Waals surface area contributed by atoms with Crippen molar-refractivity contribution >= 4 is 5.97 Å². The van der Waals surface area contributed by atoms with Crippen LogP contribution in [0.2, 0.25) is 0 Å². The Morgan fingerprint density at radius 3 is 2.57 bits per heavy atom. The molecule has 80 valence electrons. The number of allylic oxidation sites excluding steroid dienone is 2. The van der Waals surface area contributed by atoms with E-state index in [1.807, 2.05) is 12.2 Å². The van der Waals surface area contributed by atoms with E-state index in [4.69, 9.17) is 4.74 Å². The molecule has 0 saturated carbocycles. The van der Waals surface area contributed by atoms with Crippen LogP contribution in [0.25, 0.3) is 0 Å². The number of unbranched alkanes of at least 4 members (excludes halogenated alkanes) is 1. The zero-order valence-corrected chi connectivity index (χ0v) is 9.16. The largest absolute Gasteiger partial charge is 0.462 e. The third kappa shape index (κ3) is 9.04. The van der Waals surface area contributed by atoms with Gasteiger partial charge in [0, 0.05) is 6.08 Å². The lowest BCUT2D eigenvalue weighted by Gasteiger charge is -1.97. The summed E-state index contributed by atoms with van der Waals surface area (Å²) in [5.74, 6) is -0.233. The molecule has 2 nitrogen and oxygen atoms in total. The predicted molar refractivity (Wildman–Crippen MR) is 59.1 cm³/mol. The van der Waals surface area contributed by atoms with Crippen LogP contribution < -0.4 is 0 Å². The molecule has 0 fully saturated rings. The van der Waals surface area contributed by atoms with Crippen LogP contribution in [0, 0.1) is 0 Å². The average molecular weight is 196 g/mol. The van der Waals surface area contributed by atoms with Crippen LogP contribution in [0.15, 0.2) is 24.3 Å². The number of carbonyl (C=O) groups excluding carboxylic acids is 1. The molecule has 2 heteroatoms. The number of hydrogen-bond donors (Lipinski definition) is 0. The lowest BCUT2D eigenvalue weighted by atomic mass is 10.3. The van der Waals surface area contributed by atoms with Gasteiger partial charge in [-0.25, -0.2) is 4.79 Å². The van der Waals surface area contributed by atoms with Crippen molar-refractivity contribution in [3.05, 3.63) is 24.3 Å². The number of esters is 1. The Morgan fingerprint density at radius 1 is 1.14 bits per heavy atom. The predicted octanol–water partition coefficient (Wildman–Crippen LogP) is 3.24. The lowest BCUT2D eigenvalue weighted by Crippen LogP contribution is -2.01. The fourth-order valence-electron chi connectivity index (χ4n) is 0.906. The highest BCUT2D eigenvalue weighted by Gasteiger charge is 1.93. The first kappa shape index (κ1) is 12.9. The van der Waals surface area contributed by atoms with Crippen molar-refractivity contribution in [1.82, 2.24) is 0 Å². The molecule has 0 aliphatic carbocycles. The second-order valence-electron chi connectivity index (χ2n) is 3.03. The van der Waals surface area contributed by atoms with Gasteiger partial charge in [-0.3, -0.25) is 0 Å². The molecular weight excluding hydrogens is 176 g/mol. The van der Waals surface area contributed by atoms with Crippen molar-refractivity contribution in [2.75, 3.05) is 6.61 Å². The molecule has 0 heterocycles. The highest BCUT2D eigenvalue weighted by atomic mass is 16.5. The van der Waals surface area contributed by atoms with Gasteiger partial charge >= 0.3 is 5.97 Å². The third-order valence-electron chi connectivity index (χ3n) is 1.64. The average Bonchev–Trinajstić information content (AvgIpc) is 2.18. The maximum atomic E-state index is 11.0. The summed E-state index contributed by atoms with van der Waals surface area (Å²) in [6, 6.07) is 0. The van der Waals surface area contributed by atoms with E-state index >= 15 is 0 Å². The molecule has 0 rings (SSSR count). The maximum Gasteiger partial charge on any atom is 0.330 e. The van der Waals surface area contributed by atoms with E-state index in [2.05, 4.69) is 19.9 Å². The van der Waals surface area contributed by atoms with E-state index in [9.17, 15) is 4.79 Å². The van der Waals surface area contributed by atoms with Gasteiger partial charge in [0.05, 0.1) is 6.61 Å². The molecule has 0 atom stereocenters. The first-order chi connectivity index (χ1) is 6.81. The first-order valence-electron chi connectivity index (χ1n) is 5.29. The molecule has 0 amide bonds. The van der Waals surface area contributed by atoms with Gasteiger partial charge in [0.2, 0.25) is 0 Å². The second kappa shape index (κ2) is 10.0. The Hall–Kier alpha value is -1.05. The molecule has 0 aliphatic heterocycles. The van der Waals surface area contributed by atoms with E-state index in [0.29, 0.717) is 6.61 Å². The van der Waals surface area contributed by atoms with Crippen LogP contribution in [0.1, 0.15) is 39.5 Å². The van der Waals surface area contributed by atoms with Crippen molar-refractivity contribution in [2.24, 2.45) is 0 Å². The monoisotopic (exact) mass is 196 g/mol. The molecule has 0 aromatic carbocycles. The molecule has 0 unspecified atom stereocenters. The molecule has 0 saturated heterocycles. The van der Waals surface area contributed by atoms with Crippen LogP contribution >= 0.6 is 0 Å². The van der Waals surface area contributed by atoms with Crippen molar-refractivity contribution < 1.29 is 9.53 Å². The van der Waals surface area contributed by atoms with Gasteiger partial charge in [-0.05, 0) is 19.3 Å². The Morgan fingerprint density at radius 2 is 1.93 bits per heavy atom. The third-order valence-corrected chi connectivity index (χ3v) is 1.64. The summed E-state index contributed by atoms with van der Waals surface area (Å²) < 4.78 is 4.96. The standard InChI is InChI=1S/C12H20O2/c1-3-5-7-9-11-14-12(13)10-8-6-4-2/h5,7-8,10H,3-4,6,9,11H2,1-2H3/b7-5?,10-8+. The summed E-state index contributed by atoms with van der Waals surface area (Å²) >= 11 is 0. The summed E-state index contributed by atoms with van der Waals surface area (Å²) in [6.07, 6.45) is 11.3. The summed E-state index contributed by atoms with van der Waals surface area (Å²) in [6.45, 7) is 4.63. The Bertz CT molecular complexity index is 192. The minimum absolute atomic E-state index is 0.233. The normalized spacial score (nSPS) is 11.3. The molecule has 0 aliphatic rings. The summed E-state index contributed by atoms with van der Waals surface area (Å²) in [4.78, 5) is 11.0. The fraction of sp³-hybridized carbons (Fsp3) is 0.583. The van der Waals surface area contributed by atoms with Gasteiger partial charge < -0.3 is 4.74 Å². The van der Waals surface area contributed by atoms with Crippen LogP contribution in [0.5, 0.6) is 0 Å². The summed E-state index contributed by atoms with van der Waals surface area (Å²) in [5, 5.41) is 0. The van der Waals surface area contributed by atoms with Crippen LogP contribution in [0.3, 0.4) is 0 Å². The highest BCUT2D eigenvalue weighted by molar-refractivity contribution is 5.81. The molecule has 14 heavy (non-hydrogen) atoms. The van der Waals surface area contributed by atoms with Crippen molar-refractivity contribution in [3.63, 3.8) is 0 Å². The van der Waals surface area contributed by atoms with E-state index in [1.54, 1.807) is 0 Å². The lowest BCUT2D eigenvalue weighted by molar-refractivity contribution is -0.137. The molecule has 0 N–H and O–H groups in total. The summed E-state index contributed by atoms with van der Waals surface area (Å²) in [7, 11) is 0. The first-order valence-corrected chi connectivity index (χ1v) is 5.29. The van der Waals surface area contributed by atoms with Gasteiger partial charge in [0.25, 0.3) is 0 Å². The number of rotatable bonds is 7. The van der Waals surface area contributed by atoms with Crippen LogP contribution in [-0.4, -0.2) is 12.6 Å². The van der Waals surface area contributed by atoms with Gasteiger partial charge in [-0.2, -0.15) is 0 Å². The topological polar surface area (TPSA) is 26.3 Å². The smallest absolute Gasteiger partial charge is 0.330 e. The van der Waals surface area contributed by atoms with E-state index < -0.39 is 0 Å². The van der Waals surface area contributed by atoms with E-state index in [1.165, 1.54) is 6.08 Å². The molecule has 0 aromatic rings. The minimum atomic E-state index is -0.233. The zero-order chi connectivity index (χ0) is 10.6. The molecule has 0 aromatic heterocycles. The molecular formula is C12H20O2. The van der Waals surface area contributed by atoms with Gasteiger partial charge in [-0.1, -0.05) is 38.5 Å². The second-order valence-corrected chi connectivity index (χ2v) is 3.03. The van der Waals surface area contributed by atoms with Crippen LogP contribution in [0.4, 0.5) is 0 Å². The van der Waals surface area contributed by atoms with Gasteiger partial charge in [0.1, 0.15) is 0 Å². The van der Waals surface area contributed by atoms with Crippen molar-refractivity contribution in [2.45, 2.75) is 39.5 Å². The van der Waals surface area contributed by atoms with Gasteiger partial charge in [-0.15, -0.1) is 0 Å². The number of carbonyl (C=O) groups is 1. The van der Waals surface area contributed by atoms with Crippen molar-refractivity contribution in [1.29, 1.82) is 0 Å². The molecule has 0 bridgehead atoms. The minimum Gasteiger partial charge on any atom is -0.462 e. The fourth-order valence-corrected chi connectivity index (χ4v) is 0.906. The Kier molecular flexibility index (Phi) is 9.28. The number of hydrogen-bond acceptors (Lipinski definition) is 2. The van der Waals surface area contributed by atoms with E-state index in [-0.39, 0.29) is 5.97 Å². The number of ether oxygens (including phenoxy) is 1. The quantitative estimate of drug-likeness (QED) is 0.270. The Labute approximate surface area is 86.6 Å². The maximum absolute atomic E-state index is 11.0. The van der Waals surface area contributed by atoms with Crippen molar-refractivity contribution in [3.8, 4) is 0 Å². The highest BCUT2D eigenvalue weighted by Crippen LogP contribution is 1.92. The van der Waals surface area contributed by atoms with Gasteiger partial charge in [0.15, 0.2) is 0 Å². The Balaban J connectivity index is 3.40. The zero-order valence-electron chi connectivity index (χ0n) is 9.16. The van der Waals surface area contributed by atoms with E-state index in [0.717, 1.165) is 25.7 Å². The molecule has 0 spiro atoms.